The molecule has 0 bridgehead atoms. The van der Waals surface area contributed by atoms with E-state index in [2.05, 4.69) is 57.9 Å². The number of carbonyl (C=O) groups is 1. The van der Waals surface area contributed by atoms with Gasteiger partial charge in [-0.3, -0.25) is 4.79 Å². The second-order valence-electron chi connectivity index (χ2n) is 8.28. The maximum absolute atomic E-state index is 12.6. The average Bonchev–Trinajstić information content (AvgIpc) is 3.18. The summed E-state index contributed by atoms with van der Waals surface area (Å²) in [7, 11) is 0. The fourth-order valence-electron chi connectivity index (χ4n) is 3.73. The van der Waals surface area contributed by atoms with Gasteiger partial charge in [0, 0.05) is 16.6 Å². The molecule has 170 valence electrons. The van der Waals surface area contributed by atoms with E-state index in [9.17, 15) is 4.79 Å². The van der Waals surface area contributed by atoms with Crippen molar-refractivity contribution in [3.8, 4) is 5.75 Å². The maximum Gasteiger partial charge on any atom is 0.251 e. The van der Waals surface area contributed by atoms with Crippen LogP contribution >= 0.6 is 15.9 Å². The second-order valence-corrected chi connectivity index (χ2v) is 9.20. The summed E-state index contributed by atoms with van der Waals surface area (Å²) in [4.78, 5) is 17.3. The van der Waals surface area contributed by atoms with Gasteiger partial charge in [-0.2, -0.15) is 0 Å². The number of nitrogens with zero attached hydrogens (tertiary/aromatic N) is 2. The second kappa shape index (κ2) is 10.7. The van der Waals surface area contributed by atoms with Crippen LogP contribution in [-0.4, -0.2) is 22.1 Å². The van der Waals surface area contributed by atoms with Gasteiger partial charge in [0.2, 0.25) is 0 Å². The van der Waals surface area contributed by atoms with Gasteiger partial charge in [0.1, 0.15) is 11.6 Å². The predicted molar refractivity (Wildman–Crippen MR) is 136 cm³/mol. The molecule has 3 aromatic carbocycles. The SMILES string of the molecule is CC(C)c1ccc(OCCCn2c(CNC(=O)c3ccc(Br)cc3)nc3ccccc32)cc1. The molecule has 0 atom stereocenters. The number of hydrogen-bond donors (Lipinski definition) is 1. The average molecular weight is 506 g/mol. The standard InChI is InChI=1S/C27H28BrN3O2/c1-19(2)20-10-14-23(15-11-20)33-17-5-16-31-25-7-4-3-6-24(25)30-26(31)18-29-27(32)21-8-12-22(28)13-9-21/h3-4,6-15,19H,5,16-18H2,1-2H3,(H,29,32). The molecule has 4 aromatic rings. The molecule has 6 heteroatoms. The van der Waals surface area contributed by atoms with Crippen molar-refractivity contribution in [2.75, 3.05) is 6.61 Å². The summed E-state index contributed by atoms with van der Waals surface area (Å²) in [6.45, 7) is 6.10. The minimum atomic E-state index is -0.116. The van der Waals surface area contributed by atoms with Crippen LogP contribution < -0.4 is 10.1 Å². The van der Waals surface area contributed by atoms with E-state index in [1.807, 2.05) is 42.5 Å². The molecule has 0 radical (unpaired) electrons. The molecule has 33 heavy (non-hydrogen) atoms. The van der Waals surface area contributed by atoms with E-state index >= 15 is 0 Å². The van der Waals surface area contributed by atoms with Crippen LogP contribution in [0.25, 0.3) is 11.0 Å². The van der Waals surface area contributed by atoms with Crippen molar-refractivity contribution in [2.24, 2.45) is 0 Å². The fourth-order valence-corrected chi connectivity index (χ4v) is 4.00. The molecule has 0 aliphatic carbocycles. The van der Waals surface area contributed by atoms with Gasteiger partial charge in [-0.25, -0.2) is 4.98 Å². The Kier molecular flexibility index (Phi) is 7.45. The number of amides is 1. The van der Waals surface area contributed by atoms with Crippen LogP contribution in [0.3, 0.4) is 0 Å². The highest BCUT2D eigenvalue weighted by Gasteiger charge is 2.12. The van der Waals surface area contributed by atoms with Crippen molar-refractivity contribution in [3.05, 3.63) is 94.2 Å². The minimum absolute atomic E-state index is 0.116. The number of aryl methyl sites for hydroxylation is 1. The number of hydrogen-bond acceptors (Lipinski definition) is 3. The number of aromatic nitrogens is 2. The first-order chi connectivity index (χ1) is 16.0. The van der Waals surface area contributed by atoms with Crippen molar-refractivity contribution in [1.29, 1.82) is 0 Å². The van der Waals surface area contributed by atoms with Gasteiger partial charge in [0.05, 0.1) is 24.2 Å². The van der Waals surface area contributed by atoms with Crippen molar-refractivity contribution in [3.63, 3.8) is 0 Å². The Labute approximate surface area is 202 Å². The lowest BCUT2D eigenvalue weighted by atomic mass is 10.0. The molecule has 1 heterocycles. The molecule has 0 saturated carbocycles. The molecule has 0 saturated heterocycles. The number of benzene rings is 3. The Morgan fingerprint density at radius 3 is 2.48 bits per heavy atom. The lowest BCUT2D eigenvalue weighted by Gasteiger charge is -2.12. The third-order valence-electron chi connectivity index (χ3n) is 5.59. The molecule has 0 spiro atoms. The van der Waals surface area contributed by atoms with Crippen LogP contribution in [0.4, 0.5) is 0 Å². The molecule has 1 aromatic heterocycles. The Bertz CT molecular complexity index is 1210. The molecule has 1 amide bonds. The zero-order valence-corrected chi connectivity index (χ0v) is 20.5. The zero-order chi connectivity index (χ0) is 23.2. The first kappa shape index (κ1) is 23.1. The van der Waals surface area contributed by atoms with Crippen LogP contribution in [0, 0.1) is 0 Å². The topological polar surface area (TPSA) is 56.1 Å². The van der Waals surface area contributed by atoms with Gasteiger partial charge in [0.25, 0.3) is 5.91 Å². The number of imidazole rings is 1. The number of para-hydroxylation sites is 2. The molecule has 4 rings (SSSR count). The van der Waals surface area contributed by atoms with Crippen LogP contribution in [0.5, 0.6) is 5.75 Å². The van der Waals surface area contributed by atoms with Crippen molar-refractivity contribution < 1.29 is 9.53 Å². The highest BCUT2D eigenvalue weighted by molar-refractivity contribution is 9.10. The Hall–Kier alpha value is -3.12. The minimum Gasteiger partial charge on any atom is -0.494 e. The summed E-state index contributed by atoms with van der Waals surface area (Å²) in [5, 5.41) is 3.00. The van der Waals surface area contributed by atoms with Gasteiger partial charge >= 0.3 is 0 Å². The van der Waals surface area contributed by atoms with Crippen molar-refractivity contribution in [1.82, 2.24) is 14.9 Å². The molecular formula is C27H28BrN3O2. The highest BCUT2D eigenvalue weighted by Crippen LogP contribution is 2.20. The normalized spacial score (nSPS) is 11.2. The molecule has 0 aliphatic heterocycles. The lowest BCUT2D eigenvalue weighted by molar-refractivity contribution is 0.0949. The first-order valence-corrected chi connectivity index (χ1v) is 12.0. The molecule has 5 nitrogen and oxygen atoms in total. The van der Waals surface area contributed by atoms with Crippen molar-refractivity contribution in [2.45, 2.75) is 39.3 Å². The van der Waals surface area contributed by atoms with E-state index in [1.165, 1.54) is 5.56 Å². The summed E-state index contributed by atoms with van der Waals surface area (Å²) in [6, 6.07) is 23.7. The quantitative estimate of drug-likeness (QED) is 0.270. The number of fused-ring (bicyclic) bond motifs is 1. The van der Waals surface area contributed by atoms with Crippen LogP contribution in [0.15, 0.2) is 77.3 Å². The summed E-state index contributed by atoms with van der Waals surface area (Å²) in [6.07, 6.45) is 0.833. The maximum atomic E-state index is 12.6. The zero-order valence-electron chi connectivity index (χ0n) is 18.9. The van der Waals surface area contributed by atoms with Crippen molar-refractivity contribution >= 4 is 32.9 Å². The van der Waals surface area contributed by atoms with Gasteiger partial charge in [0.15, 0.2) is 0 Å². The summed E-state index contributed by atoms with van der Waals surface area (Å²) >= 11 is 3.40. The largest absolute Gasteiger partial charge is 0.494 e. The van der Waals surface area contributed by atoms with E-state index in [-0.39, 0.29) is 5.91 Å². The third kappa shape index (κ3) is 5.82. The van der Waals surface area contributed by atoms with Gasteiger partial charge in [-0.05, 0) is 66.4 Å². The van der Waals surface area contributed by atoms with Gasteiger partial charge in [-0.1, -0.05) is 54.0 Å². The van der Waals surface area contributed by atoms with E-state index < -0.39 is 0 Å². The summed E-state index contributed by atoms with van der Waals surface area (Å²) in [5.41, 5.74) is 3.92. The third-order valence-corrected chi connectivity index (χ3v) is 6.12. The fraction of sp³-hybridized carbons (Fsp3) is 0.259. The summed E-state index contributed by atoms with van der Waals surface area (Å²) < 4.78 is 9.06. The first-order valence-electron chi connectivity index (χ1n) is 11.2. The van der Waals surface area contributed by atoms with E-state index in [0.717, 1.165) is 40.0 Å². The smallest absolute Gasteiger partial charge is 0.251 e. The van der Waals surface area contributed by atoms with Crippen LogP contribution in [-0.2, 0) is 13.1 Å². The number of nitrogens with one attached hydrogen (secondary N) is 1. The lowest BCUT2D eigenvalue weighted by Crippen LogP contribution is -2.25. The van der Waals surface area contributed by atoms with E-state index in [4.69, 9.17) is 9.72 Å². The van der Waals surface area contributed by atoms with Crippen LogP contribution in [0.2, 0.25) is 0 Å². The molecule has 1 N–H and O–H groups in total. The number of carbonyl (C=O) groups excluding carboxylic acids is 1. The van der Waals surface area contributed by atoms with Gasteiger partial charge < -0.3 is 14.6 Å². The summed E-state index contributed by atoms with van der Waals surface area (Å²) in [5.74, 6) is 2.12. The molecule has 0 aliphatic rings. The van der Waals surface area contributed by atoms with Gasteiger partial charge in [-0.15, -0.1) is 0 Å². The number of halogens is 1. The monoisotopic (exact) mass is 505 g/mol. The van der Waals surface area contributed by atoms with E-state index in [1.54, 1.807) is 12.1 Å². The molecule has 0 unspecified atom stereocenters. The number of ether oxygens (including phenoxy) is 1. The number of rotatable bonds is 9. The Morgan fingerprint density at radius 1 is 1.03 bits per heavy atom. The molecular weight excluding hydrogens is 478 g/mol. The highest BCUT2D eigenvalue weighted by atomic mass is 79.9. The Balaban J connectivity index is 1.39. The predicted octanol–water partition coefficient (Wildman–Crippen LogP) is 6.32. The van der Waals surface area contributed by atoms with E-state index in [0.29, 0.717) is 24.6 Å². The van der Waals surface area contributed by atoms with Crippen LogP contribution in [0.1, 0.15) is 47.9 Å². The Morgan fingerprint density at radius 2 is 1.76 bits per heavy atom. The molecule has 0 fully saturated rings.